The molecule has 1 aliphatic carbocycles. The molecule has 2 N–H and O–H groups in total. The number of nitrogen functional groups attached to an aromatic ring is 1. The Morgan fingerprint density at radius 2 is 1.88 bits per heavy atom. The van der Waals surface area contributed by atoms with E-state index in [1.165, 1.54) is 12.8 Å². The van der Waals surface area contributed by atoms with Crippen LogP contribution in [0.1, 0.15) is 24.6 Å². The van der Waals surface area contributed by atoms with Crippen molar-refractivity contribution in [2.75, 3.05) is 5.73 Å². The molecule has 1 aromatic carbocycles. The fourth-order valence-corrected chi connectivity index (χ4v) is 2.06. The molecule has 0 aliphatic heterocycles. The molecule has 0 radical (unpaired) electrons. The van der Waals surface area contributed by atoms with E-state index in [2.05, 4.69) is 25.9 Å². The molecule has 0 bridgehead atoms. The predicted octanol–water partition coefficient (Wildman–Crippen LogP) is 3.37. The number of benzene rings is 1. The maximum atomic E-state index is 5.99. The van der Waals surface area contributed by atoms with Gasteiger partial charge in [-0.1, -0.05) is 28.1 Å². The first kappa shape index (κ1) is 10.7. The van der Waals surface area contributed by atoms with Gasteiger partial charge in [0.1, 0.15) is 11.6 Å². The fraction of sp³-hybridized carbons (Fsp3) is 0.231. The van der Waals surface area contributed by atoms with E-state index in [0.717, 1.165) is 21.4 Å². The van der Waals surface area contributed by atoms with Gasteiger partial charge in [-0.15, -0.1) is 0 Å². The number of anilines is 1. The number of hydrogen-bond acceptors (Lipinski definition) is 3. The van der Waals surface area contributed by atoms with Gasteiger partial charge in [-0.25, -0.2) is 9.97 Å². The second-order valence-corrected chi connectivity index (χ2v) is 5.22. The van der Waals surface area contributed by atoms with Gasteiger partial charge in [0.05, 0.1) is 0 Å². The molecule has 17 heavy (non-hydrogen) atoms. The fourth-order valence-electron chi connectivity index (χ4n) is 1.80. The Labute approximate surface area is 108 Å². The summed E-state index contributed by atoms with van der Waals surface area (Å²) in [6.45, 7) is 0. The molecule has 3 rings (SSSR count). The molecule has 1 fully saturated rings. The van der Waals surface area contributed by atoms with Gasteiger partial charge < -0.3 is 5.73 Å². The highest BCUT2D eigenvalue weighted by Crippen LogP contribution is 2.39. The zero-order chi connectivity index (χ0) is 11.8. The molecular weight excluding hydrogens is 278 g/mol. The Balaban J connectivity index is 1.99. The zero-order valence-corrected chi connectivity index (χ0v) is 10.8. The smallest absolute Gasteiger partial charge is 0.135 e. The molecule has 3 nitrogen and oxygen atoms in total. The van der Waals surface area contributed by atoms with E-state index in [-0.39, 0.29) is 0 Å². The van der Waals surface area contributed by atoms with Gasteiger partial charge in [-0.3, -0.25) is 0 Å². The van der Waals surface area contributed by atoms with Crippen LogP contribution < -0.4 is 5.73 Å². The highest BCUT2D eigenvalue weighted by Gasteiger charge is 2.26. The Kier molecular flexibility index (Phi) is 2.59. The third-order valence-electron chi connectivity index (χ3n) is 2.93. The van der Waals surface area contributed by atoms with E-state index in [9.17, 15) is 0 Å². The molecule has 1 heterocycles. The number of hydrogen-bond donors (Lipinski definition) is 1. The summed E-state index contributed by atoms with van der Waals surface area (Å²) < 4.78 is 1.05. The van der Waals surface area contributed by atoms with Gasteiger partial charge >= 0.3 is 0 Å². The van der Waals surface area contributed by atoms with Crippen molar-refractivity contribution in [1.29, 1.82) is 0 Å². The van der Waals surface area contributed by atoms with E-state index in [0.29, 0.717) is 11.7 Å². The quantitative estimate of drug-likeness (QED) is 0.922. The predicted molar refractivity (Wildman–Crippen MR) is 71.6 cm³/mol. The molecule has 0 spiro atoms. The molecule has 86 valence electrons. The van der Waals surface area contributed by atoms with E-state index in [4.69, 9.17) is 5.73 Å². The highest BCUT2D eigenvalue weighted by molar-refractivity contribution is 9.10. The summed E-state index contributed by atoms with van der Waals surface area (Å²) in [5, 5.41) is 0. The van der Waals surface area contributed by atoms with Crippen LogP contribution in [0.25, 0.3) is 11.1 Å². The summed E-state index contributed by atoms with van der Waals surface area (Å²) in [7, 11) is 0. The van der Waals surface area contributed by atoms with Crippen molar-refractivity contribution < 1.29 is 0 Å². The summed E-state index contributed by atoms with van der Waals surface area (Å²) in [4.78, 5) is 8.79. The lowest BCUT2D eigenvalue weighted by Gasteiger charge is -2.06. The normalized spacial score (nSPS) is 14.9. The summed E-state index contributed by atoms with van der Waals surface area (Å²) in [5.74, 6) is 2.00. The van der Waals surface area contributed by atoms with Crippen LogP contribution in [-0.4, -0.2) is 9.97 Å². The maximum absolute atomic E-state index is 5.99. The largest absolute Gasteiger partial charge is 0.383 e. The average Bonchev–Trinajstić information content (AvgIpc) is 3.14. The second kappa shape index (κ2) is 4.11. The highest BCUT2D eigenvalue weighted by atomic mass is 79.9. The number of rotatable bonds is 2. The molecule has 0 atom stereocenters. The molecule has 1 aliphatic rings. The van der Waals surface area contributed by atoms with Crippen molar-refractivity contribution in [3.63, 3.8) is 0 Å². The first-order valence-corrected chi connectivity index (χ1v) is 6.41. The van der Waals surface area contributed by atoms with Crippen LogP contribution in [0.2, 0.25) is 0 Å². The van der Waals surface area contributed by atoms with E-state index in [1.54, 1.807) is 0 Å². The summed E-state index contributed by atoms with van der Waals surface area (Å²) in [5.41, 5.74) is 7.95. The van der Waals surface area contributed by atoms with Gasteiger partial charge in [-0.2, -0.15) is 0 Å². The molecule has 1 aromatic heterocycles. The standard InChI is InChI=1S/C13H12BrN3/c14-10-5-3-8(4-6-10)11-7-16-13(9-1-2-9)17-12(11)15/h3-7,9H,1-2H2,(H2,15,16,17). The lowest BCUT2D eigenvalue weighted by atomic mass is 10.1. The number of aromatic nitrogens is 2. The monoisotopic (exact) mass is 289 g/mol. The summed E-state index contributed by atoms with van der Waals surface area (Å²) >= 11 is 3.41. The molecular formula is C13H12BrN3. The van der Waals surface area contributed by atoms with Crippen molar-refractivity contribution in [2.24, 2.45) is 0 Å². The Morgan fingerprint density at radius 3 is 2.47 bits per heavy atom. The van der Waals surface area contributed by atoms with Crippen molar-refractivity contribution in [2.45, 2.75) is 18.8 Å². The van der Waals surface area contributed by atoms with E-state index < -0.39 is 0 Å². The van der Waals surface area contributed by atoms with Crippen LogP contribution in [-0.2, 0) is 0 Å². The van der Waals surface area contributed by atoms with Gasteiger partial charge in [0.15, 0.2) is 0 Å². The molecule has 4 heteroatoms. The van der Waals surface area contributed by atoms with Crippen molar-refractivity contribution in [3.05, 3.63) is 40.8 Å². The number of nitrogens with zero attached hydrogens (tertiary/aromatic N) is 2. The van der Waals surface area contributed by atoms with Crippen LogP contribution in [0.15, 0.2) is 34.9 Å². The number of nitrogens with two attached hydrogens (primary N) is 1. The van der Waals surface area contributed by atoms with E-state index >= 15 is 0 Å². The molecule has 0 amide bonds. The first-order valence-electron chi connectivity index (χ1n) is 5.62. The Hall–Kier alpha value is -1.42. The minimum atomic E-state index is 0.538. The average molecular weight is 290 g/mol. The first-order chi connectivity index (χ1) is 8.24. The Morgan fingerprint density at radius 1 is 1.18 bits per heavy atom. The lowest BCUT2D eigenvalue weighted by molar-refractivity contribution is 0.934. The van der Waals surface area contributed by atoms with Crippen molar-refractivity contribution in [1.82, 2.24) is 9.97 Å². The molecule has 2 aromatic rings. The third-order valence-corrected chi connectivity index (χ3v) is 3.46. The lowest BCUT2D eigenvalue weighted by Crippen LogP contribution is -2.00. The van der Waals surface area contributed by atoms with Crippen LogP contribution in [0, 0.1) is 0 Å². The minimum Gasteiger partial charge on any atom is -0.383 e. The van der Waals surface area contributed by atoms with Crippen molar-refractivity contribution in [3.8, 4) is 11.1 Å². The van der Waals surface area contributed by atoms with Crippen LogP contribution in [0.5, 0.6) is 0 Å². The second-order valence-electron chi connectivity index (χ2n) is 4.31. The third kappa shape index (κ3) is 2.17. The minimum absolute atomic E-state index is 0.538. The van der Waals surface area contributed by atoms with Crippen molar-refractivity contribution >= 4 is 21.7 Å². The van der Waals surface area contributed by atoms with Crippen LogP contribution in [0.4, 0.5) is 5.82 Å². The topological polar surface area (TPSA) is 51.8 Å². The maximum Gasteiger partial charge on any atom is 0.135 e. The molecule has 1 saturated carbocycles. The SMILES string of the molecule is Nc1nc(C2CC2)ncc1-c1ccc(Br)cc1. The number of halogens is 1. The molecule has 0 unspecified atom stereocenters. The Bertz CT molecular complexity index is 547. The van der Waals surface area contributed by atoms with Gasteiger partial charge in [0, 0.05) is 22.2 Å². The zero-order valence-electron chi connectivity index (χ0n) is 9.23. The van der Waals surface area contributed by atoms with Gasteiger partial charge in [0.25, 0.3) is 0 Å². The van der Waals surface area contributed by atoms with Gasteiger partial charge in [-0.05, 0) is 30.5 Å². The van der Waals surface area contributed by atoms with Gasteiger partial charge in [0.2, 0.25) is 0 Å². The summed E-state index contributed by atoms with van der Waals surface area (Å²) in [6, 6.07) is 8.00. The molecule has 0 saturated heterocycles. The van der Waals surface area contributed by atoms with Crippen LogP contribution in [0.3, 0.4) is 0 Å². The summed E-state index contributed by atoms with van der Waals surface area (Å²) in [6.07, 6.45) is 4.22. The van der Waals surface area contributed by atoms with E-state index in [1.807, 2.05) is 30.5 Å². The van der Waals surface area contributed by atoms with Crippen LogP contribution >= 0.6 is 15.9 Å².